The molecule has 1 aromatic heterocycles. The minimum atomic E-state index is -0.248. The van der Waals surface area contributed by atoms with E-state index in [1.807, 2.05) is 43.3 Å². The van der Waals surface area contributed by atoms with E-state index in [0.717, 1.165) is 24.2 Å². The number of hydrogen-bond donors (Lipinski definition) is 0. The van der Waals surface area contributed by atoms with Crippen LogP contribution >= 0.6 is 23.4 Å². The highest BCUT2D eigenvalue weighted by Gasteiger charge is 2.29. The number of halogens is 1. The van der Waals surface area contributed by atoms with E-state index in [0.29, 0.717) is 41.3 Å². The molecule has 9 heteroatoms. The van der Waals surface area contributed by atoms with Crippen molar-refractivity contribution in [3.8, 4) is 0 Å². The first-order chi connectivity index (χ1) is 14.9. The molecule has 0 N–H and O–H groups in total. The fourth-order valence-corrected chi connectivity index (χ4v) is 4.44. The number of piperidine rings is 1. The van der Waals surface area contributed by atoms with Crippen molar-refractivity contribution in [3.05, 3.63) is 46.6 Å². The van der Waals surface area contributed by atoms with Crippen LogP contribution in [0.15, 0.2) is 35.5 Å². The molecule has 0 aliphatic carbocycles. The number of esters is 1. The largest absolute Gasteiger partial charge is 0.466 e. The van der Waals surface area contributed by atoms with Gasteiger partial charge in [-0.3, -0.25) is 9.59 Å². The Morgan fingerprint density at radius 2 is 2.10 bits per heavy atom. The lowest BCUT2D eigenvalue weighted by Gasteiger charge is -2.31. The molecular formula is C22H27ClN4O3S. The van der Waals surface area contributed by atoms with Crippen molar-refractivity contribution >= 4 is 41.1 Å². The maximum Gasteiger partial charge on any atom is 0.310 e. The number of likely N-dealkylation sites (tertiary alicyclic amines) is 1. The Kier molecular flexibility index (Phi) is 8.15. The fourth-order valence-electron chi connectivity index (χ4n) is 3.42. The number of carbonyl (C=O) groups excluding carboxylic acids is 2. The first-order valence-corrected chi connectivity index (χ1v) is 11.6. The summed E-state index contributed by atoms with van der Waals surface area (Å²) in [6.45, 7) is 3.20. The predicted octanol–water partition coefficient (Wildman–Crippen LogP) is 3.90. The highest BCUT2D eigenvalue weighted by Crippen LogP contribution is 2.25. The zero-order valence-electron chi connectivity index (χ0n) is 18.0. The number of benzene rings is 1. The van der Waals surface area contributed by atoms with Crippen LogP contribution in [0.4, 0.5) is 5.82 Å². The minimum absolute atomic E-state index is 0.0604. The second-order valence-corrected chi connectivity index (χ2v) is 8.89. The van der Waals surface area contributed by atoms with Crippen LogP contribution in [0.1, 0.15) is 35.7 Å². The number of thioether (sulfide) groups is 1. The summed E-state index contributed by atoms with van der Waals surface area (Å²) < 4.78 is 5.14. The van der Waals surface area contributed by atoms with Crippen molar-refractivity contribution in [3.63, 3.8) is 0 Å². The molecule has 31 heavy (non-hydrogen) atoms. The standard InChI is InChI=1S/C22H27ClN4O3S/c1-4-30-21(29)17-9-6-10-27(13-17)20(28)16-8-5-7-15(11-16)14-31-22-24-18(23)12-19(25-22)26(2)3/h5,7-8,11-12,17H,4,6,9-10,13-14H2,1-3H3. The van der Waals surface area contributed by atoms with Gasteiger partial charge in [-0.1, -0.05) is 35.5 Å². The quantitative estimate of drug-likeness (QED) is 0.267. The average Bonchev–Trinajstić information content (AvgIpc) is 2.77. The topological polar surface area (TPSA) is 75.6 Å². The van der Waals surface area contributed by atoms with Crippen LogP contribution in [0.2, 0.25) is 5.15 Å². The third kappa shape index (κ3) is 6.33. The Morgan fingerprint density at radius 3 is 2.84 bits per heavy atom. The summed E-state index contributed by atoms with van der Waals surface area (Å²) in [4.78, 5) is 37.5. The van der Waals surface area contributed by atoms with E-state index in [-0.39, 0.29) is 17.8 Å². The van der Waals surface area contributed by atoms with Crippen LogP contribution in [0.3, 0.4) is 0 Å². The number of ether oxygens (including phenoxy) is 1. The van der Waals surface area contributed by atoms with Crippen molar-refractivity contribution in [2.24, 2.45) is 5.92 Å². The molecule has 1 aromatic carbocycles. The summed E-state index contributed by atoms with van der Waals surface area (Å²) in [5, 5.41) is 0.979. The summed E-state index contributed by atoms with van der Waals surface area (Å²) in [6, 6.07) is 9.26. The van der Waals surface area contributed by atoms with Gasteiger partial charge < -0.3 is 14.5 Å². The monoisotopic (exact) mass is 462 g/mol. The van der Waals surface area contributed by atoms with Gasteiger partial charge in [0.2, 0.25) is 0 Å². The molecule has 1 atom stereocenters. The lowest BCUT2D eigenvalue weighted by Crippen LogP contribution is -2.42. The summed E-state index contributed by atoms with van der Waals surface area (Å²) in [5.41, 5.74) is 1.60. The zero-order valence-corrected chi connectivity index (χ0v) is 19.6. The number of rotatable bonds is 7. The molecule has 1 amide bonds. The summed E-state index contributed by atoms with van der Waals surface area (Å²) >= 11 is 7.57. The second-order valence-electron chi connectivity index (χ2n) is 7.56. The van der Waals surface area contributed by atoms with Gasteiger partial charge in [-0.25, -0.2) is 9.97 Å². The number of nitrogens with zero attached hydrogens (tertiary/aromatic N) is 4. The van der Waals surface area contributed by atoms with Crippen molar-refractivity contribution in [1.82, 2.24) is 14.9 Å². The van der Waals surface area contributed by atoms with Gasteiger partial charge in [-0.15, -0.1) is 0 Å². The van der Waals surface area contributed by atoms with Gasteiger partial charge in [0, 0.05) is 44.6 Å². The number of hydrogen-bond acceptors (Lipinski definition) is 7. The van der Waals surface area contributed by atoms with Crippen molar-refractivity contribution < 1.29 is 14.3 Å². The summed E-state index contributed by atoms with van der Waals surface area (Å²) in [7, 11) is 3.80. The average molecular weight is 463 g/mol. The molecule has 1 fully saturated rings. The Bertz CT molecular complexity index is 941. The molecular weight excluding hydrogens is 436 g/mol. The lowest BCUT2D eigenvalue weighted by atomic mass is 9.97. The molecule has 1 unspecified atom stereocenters. The van der Waals surface area contributed by atoms with Crippen LogP contribution in [0.5, 0.6) is 0 Å². The van der Waals surface area contributed by atoms with E-state index in [4.69, 9.17) is 16.3 Å². The number of carbonyl (C=O) groups is 2. The molecule has 3 rings (SSSR count). The molecule has 0 radical (unpaired) electrons. The van der Waals surface area contributed by atoms with E-state index >= 15 is 0 Å². The van der Waals surface area contributed by atoms with Crippen LogP contribution in [0.25, 0.3) is 0 Å². The Labute approximate surface area is 192 Å². The minimum Gasteiger partial charge on any atom is -0.466 e. The predicted molar refractivity (Wildman–Crippen MR) is 123 cm³/mol. The Morgan fingerprint density at radius 1 is 1.29 bits per heavy atom. The molecule has 2 aromatic rings. The number of anilines is 1. The highest BCUT2D eigenvalue weighted by molar-refractivity contribution is 7.98. The fraction of sp³-hybridized carbons (Fsp3) is 0.455. The maximum absolute atomic E-state index is 13.0. The normalized spacial score (nSPS) is 16.1. The van der Waals surface area contributed by atoms with Gasteiger partial charge in [-0.05, 0) is 37.5 Å². The first kappa shape index (κ1) is 23.3. The van der Waals surface area contributed by atoms with Crippen molar-refractivity contribution in [2.45, 2.75) is 30.7 Å². The highest BCUT2D eigenvalue weighted by atomic mass is 35.5. The van der Waals surface area contributed by atoms with Gasteiger partial charge in [0.25, 0.3) is 5.91 Å². The van der Waals surface area contributed by atoms with Crippen molar-refractivity contribution in [1.29, 1.82) is 0 Å². The Hall–Kier alpha value is -2.32. The smallest absolute Gasteiger partial charge is 0.310 e. The van der Waals surface area contributed by atoms with Crippen LogP contribution < -0.4 is 4.90 Å². The molecule has 1 saturated heterocycles. The van der Waals surface area contributed by atoms with Gasteiger partial charge >= 0.3 is 5.97 Å². The molecule has 1 aliphatic heterocycles. The van der Waals surface area contributed by atoms with E-state index in [1.54, 1.807) is 17.9 Å². The lowest BCUT2D eigenvalue weighted by molar-refractivity contribution is -0.149. The van der Waals surface area contributed by atoms with Gasteiger partial charge in [0.15, 0.2) is 5.16 Å². The van der Waals surface area contributed by atoms with Gasteiger partial charge in [-0.2, -0.15) is 0 Å². The van der Waals surface area contributed by atoms with E-state index in [1.165, 1.54) is 11.8 Å². The van der Waals surface area contributed by atoms with Gasteiger partial charge in [0.05, 0.1) is 12.5 Å². The van der Waals surface area contributed by atoms with E-state index in [2.05, 4.69) is 9.97 Å². The SMILES string of the molecule is CCOC(=O)C1CCCN(C(=O)c2cccc(CSc3nc(Cl)cc(N(C)C)n3)c2)C1. The molecule has 0 bridgehead atoms. The zero-order chi connectivity index (χ0) is 22.4. The summed E-state index contributed by atoms with van der Waals surface area (Å²) in [6.07, 6.45) is 1.55. The first-order valence-electron chi connectivity index (χ1n) is 10.3. The molecule has 1 aliphatic rings. The molecule has 0 saturated carbocycles. The van der Waals surface area contributed by atoms with E-state index < -0.39 is 0 Å². The summed E-state index contributed by atoms with van der Waals surface area (Å²) in [5.74, 6) is 0.827. The third-order valence-electron chi connectivity index (χ3n) is 4.99. The van der Waals surface area contributed by atoms with Crippen LogP contribution in [0, 0.1) is 5.92 Å². The second kappa shape index (κ2) is 10.8. The molecule has 7 nitrogen and oxygen atoms in total. The third-order valence-corrected chi connectivity index (χ3v) is 6.10. The molecule has 166 valence electrons. The molecule has 2 heterocycles. The number of amides is 1. The van der Waals surface area contributed by atoms with Crippen molar-refractivity contribution in [2.75, 3.05) is 38.7 Å². The number of aromatic nitrogens is 2. The van der Waals surface area contributed by atoms with Gasteiger partial charge in [0.1, 0.15) is 11.0 Å². The van der Waals surface area contributed by atoms with E-state index in [9.17, 15) is 9.59 Å². The Balaban J connectivity index is 1.66. The van der Waals surface area contributed by atoms with Crippen LogP contribution in [-0.2, 0) is 15.3 Å². The van der Waals surface area contributed by atoms with Crippen LogP contribution in [-0.4, -0.2) is 60.5 Å². The maximum atomic E-state index is 13.0. The molecule has 0 spiro atoms.